The van der Waals surface area contributed by atoms with Gasteiger partial charge in [-0.05, 0) is 97.6 Å². The van der Waals surface area contributed by atoms with Crippen LogP contribution in [0.5, 0.6) is 0 Å². The van der Waals surface area contributed by atoms with Gasteiger partial charge in [-0.25, -0.2) is 14.4 Å². The predicted octanol–water partition coefficient (Wildman–Crippen LogP) is 4.67. The number of hydrogen-bond donors (Lipinski definition) is 6. The second-order valence-corrected chi connectivity index (χ2v) is 14.8. The number of hydrogen-bond acceptors (Lipinski definition) is 10. The molecule has 3 rings (SSSR count). The number of alkyl carbamates (subject to hydrolysis) is 1. The van der Waals surface area contributed by atoms with Crippen molar-refractivity contribution in [2.24, 2.45) is 4.99 Å². The van der Waals surface area contributed by atoms with Crippen LogP contribution in [0.1, 0.15) is 87.9 Å². The van der Waals surface area contributed by atoms with Crippen LogP contribution in [0.15, 0.2) is 47.5 Å². The lowest BCUT2D eigenvalue weighted by Crippen LogP contribution is -2.62. The van der Waals surface area contributed by atoms with Gasteiger partial charge in [0.15, 0.2) is 0 Å². The van der Waals surface area contributed by atoms with Gasteiger partial charge in [-0.3, -0.25) is 19.7 Å². The van der Waals surface area contributed by atoms with Gasteiger partial charge in [-0.1, -0.05) is 35.3 Å². The van der Waals surface area contributed by atoms with Gasteiger partial charge in [-0.15, -0.1) is 4.99 Å². The average Bonchev–Trinajstić information content (AvgIpc) is 3.54. The van der Waals surface area contributed by atoms with Gasteiger partial charge in [0, 0.05) is 11.3 Å². The SMILES string of the molecule is CC(C)(C)OC(=O)/N=C(\NC(=O)OC(C)(C)C)Nc1cccc(C(=O)NCC(=O)NCC(O)(NC(=O)c2c(Cl)cccc2Cl)C(=O)OC2CCCC2)c1. The van der Waals surface area contributed by atoms with E-state index >= 15 is 0 Å². The Balaban J connectivity index is 1.68. The second-order valence-electron chi connectivity index (χ2n) is 14.0. The lowest BCUT2D eigenvalue weighted by Gasteiger charge is -2.29. The highest BCUT2D eigenvalue weighted by molar-refractivity contribution is 6.39. The molecule has 2 aromatic carbocycles. The number of esters is 1. The highest BCUT2D eigenvalue weighted by Crippen LogP contribution is 2.26. The van der Waals surface area contributed by atoms with Crippen molar-refractivity contribution >= 4 is 70.7 Å². The molecule has 5 amide bonds. The van der Waals surface area contributed by atoms with E-state index < -0.39 is 72.0 Å². The Morgan fingerprint density at radius 2 is 1.45 bits per heavy atom. The Bertz CT molecular complexity index is 1710. The molecule has 0 radical (unpaired) electrons. The third-order valence-electron chi connectivity index (χ3n) is 6.98. The minimum absolute atomic E-state index is 0.0432. The zero-order valence-electron chi connectivity index (χ0n) is 30.2. The third kappa shape index (κ3) is 14.2. The summed E-state index contributed by atoms with van der Waals surface area (Å²) in [5.41, 5.74) is -4.41. The molecule has 2 aromatic rings. The van der Waals surface area contributed by atoms with E-state index in [0.29, 0.717) is 12.8 Å². The van der Waals surface area contributed by atoms with Crippen molar-refractivity contribution < 1.29 is 48.1 Å². The first-order valence-electron chi connectivity index (χ1n) is 16.6. The predicted molar refractivity (Wildman–Crippen MR) is 196 cm³/mol. The van der Waals surface area contributed by atoms with Crippen LogP contribution >= 0.6 is 23.2 Å². The maximum Gasteiger partial charge on any atom is 0.437 e. The molecule has 0 bridgehead atoms. The largest absolute Gasteiger partial charge is 0.459 e. The number of aliphatic imine (C=N–C) groups is 1. The summed E-state index contributed by atoms with van der Waals surface area (Å²) in [4.78, 5) is 80.7. The van der Waals surface area contributed by atoms with Crippen LogP contribution in [0.4, 0.5) is 15.3 Å². The van der Waals surface area contributed by atoms with Gasteiger partial charge in [0.05, 0.1) is 28.7 Å². The van der Waals surface area contributed by atoms with Gasteiger partial charge < -0.3 is 40.6 Å². The molecule has 1 fully saturated rings. The van der Waals surface area contributed by atoms with Crippen molar-refractivity contribution in [1.82, 2.24) is 21.3 Å². The minimum atomic E-state index is -2.73. The second kappa shape index (κ2) is 18.2. The average molecular weight is 780 g/mol. The van der Waals surface area contributed by atoms with Gasteiger partial charge in [0.25, 0.3) is 17.5 Å². The van der Waals surface area contributed by atoms with Crippen LogP contribution in [0.2, 0.25) is 10.0 Å². The topological polar surface area (TPSA) is 223 Å². The van der Waals surface area contributed by atoms with E-state index in [0.717, 1.165) is 12.8 Å². The van der Waals surface area contributed by atoms with E-state index in [-0.39, 0.29) is 32.8 Å². The van der Waals surface area contributed by atoms with Crippen molar-refractivity contribution in [3.8, 4) is 0 Å². The minimum Gasteiger partial charge on any atom is -0.459 e. The van der Waals surface area contributed by atoms with E-state index in [1.165, 1.54) is 42.5 Å². The summed E-state index contributed by atoms with van der Waals surface area (Å²) in [5, 5.41) is 23.2. The molecule has 1 saturated carbocycles. The highest BCUT2D eigenvalue weighted by atomic mass is 35.5. The molecule has 18 heteroatoms. The Morgan fingerprint density at radius 1 is 0.849 bits per heavy atom. The molecule has 6 N–H and O–H groups in total. The molecule has 53 heavy (non-hydrogen) atoms. The fourth-order valence-corrected chi connectivity index (χ4v) is 5.25. The third-order valence-corrected chi connectivity index (χ3v) is 7.61. The zero-order valence-corrected chi connectivity index (χ0v) is 31.7. The highest BCUT2D eigenvalue weighted by Gasteiger charge is 2.42. The maximum atomic E-state index is 13.1. The number of benzene rings is 2. The van der Waals surface area contributed by atoms with E-state index in [4.69, 9.17) is 37.4 Å². The molecule has 1 unspecified atom stereocenters. The van der Waals surface area contributed by atoms with Crippen LogP contribution in [0.3, 0.4) is 0 Å². The number of aliphatic hydroxyl groups is 1. The number of nitrogens with zero attached hydrogens (tertiary/aromatic N) is 1. The molecule has 0 heterocycles. The summed E-state index contributed by atoms with van der Waals surface area (Å²) >= 11 is 12.3. The van der Waals surface area contributed by atoms with Gasteiger partial charge in [-0.2, -0.15) is 0 Å². The molecule has 1 atom stereocenters. The molecule has 0 aliphatic heterocycles. The zero-order chi connectivity index (χ0) is 39.6. The Hall–Kier alpha value is -4.93. The lowest BCUT2D eigenvalue weighted by molar-refractivity contribution is -0.173. The molecular formula is C35H44Cl2N6O10. The van der Waals surface area contributed by atoms with E-state index in [1.807, 2.05) is 0 Å². The van der Waals surface area contributed by atoms with Crippen LogP contribution in [0, 0.1) is 0 Å². The molecule has 1 aliphatic carbocycles. The summed E-state index contributed by atoms with van der Waals surface area (Å²) in [6.07, 6.45) is 0.357. The van der Waals surface area contributed by atoms with E-state index in [2.05, 4.69) is 31.6 Å². The number of ether oxygens (including phenoxy) is 3. The molecule has 16 nitrogen and oxygen atoms in total. The summed E-state index contributed by atoms with van der Waals surface area (Å²) in [7, 11) is 0. The summed E-state index contributed by atoms with van der Waals surface area (Å²) in [6.45, 7) is 8.42. The normalized spacial score (nSPS) is 14.6. The van der Waals surface area contributed by atoms with Crippen LogP contribution in [-0.2, 0) is 23.8 Å². The van der Waals surface area contributed by atoms with Crippen molar-refractivity contribution in [2.75, 3.05) is 18.4 Å². The standard InChI is InChI=1S/C35H44Cl2N6O10/c1-33(2,3)52-31(48)41-30(42-32(49)53-34(4,5)6)40-21-12-9-11-20(17-21)27(45)38-18-25(44)39-19-35(50,29(47)51-22-13-7-8-14-22)43-28(46)26-23(36)15-10-16-24(26)37/h9-12,15-17,22,50H,7-8,13-14,18-19H2,1-6H3,(H,38,45)(H,39,44)(H,43,46)(H2,40,41,42,48,49). The van der Waals surface area contributed by atoms with Crippen molar-refractivity contribution in [2.45, 2.75) is 90.3 Å². The molecule has 0 saturated heterocycles. The molecule has 0 aromatic heterocycles. The number of nitrogens with one attached hydrogen (secondary N) is 5. The number of anilines is 1. The van der Waals surface area contributed by atoms with Crippen LogP contribution < -0.4 is 26.6 Å². The molecule has 288 valence electrons. The van der Waals surface area contributed by atoms with Gasteiger partial charge in [0.2, 0.25) is 11.9 Å². The molecule has 1 aliphatic rings. The summed E-state index contributed by atoms with van der Waals surface area (Å²) < 4.78 is 15.9. The maximum absolute atomic E-state index is 13.1. The number of rotatable bonds is 10. The lowest BCUT2D eigenvalue weighted by atomic mass is 10.1. The van der Waals surface area contributed by atoms with Crippen LogP contribution in [-0.4, -0.2) is 83.1 Å². The van der Waals surface area contributed by atoms with E-state index in [1.54, 1.807) is 41.5 Å². The smallest absolute Gasteiger partial charge is 0.437 e. The van der Waals surface area contributed by atoms with E-state index in [9.17, 15) is 33.9 Å². The monoisotopic (exact) mass is 778 g/mol. The number of carbonyl (C=O) groups is 6. The number of halogens is 2. The Labute approximate surface area is 316 Å². The fraction of sp³-hybridized carbons (Fsp3) is 0.457. The van der Waals surface area contributed by atoms with Gasteiger partial charge in [0.1, 0.15) is 17.3 Å². The number of guanidine groups is 1. The van der Waals surface area contributed by atoms with Crippen molar-refractivity contribution in [3.05, 3.63) is 63.6 Å². The van der Waals surface area contributed by atoms with Crippen molar-refractivity contribution in [3.63, 3.8) is 0 Å². The Kier molecular flexibility index (Phi) is 14.6. The fourth-order valence-electron chi connectivity index (χ4n) is 4.68. The number of amides is 5. The first-order chi connectivity index (χ1) is 24.6. The van der Waals surface area contributed by atoms with Crippen LogP contribution in [0.25, 0.3) is 0 Å². The first kappa shape index (κ1) is 42.5. The Morgan fingerprint density at radius 3 is 2.06 bits per heavy atom. The summed E-state index contributed by atoms with van der Waals surface area (Å²) in [6, 6.07) is 10.1. The summed E-state index contributed by atoms with van der Waals surface area (Å²) in [5.74, 6) is -4.10. The first-order valence-corrected chi connectivity index (χ1v) is 17.3. The number of carbonyl (C=O) groups excluding carboxylic acids is 6. The molecular weight excluding hydrogens is 735 g/mol. The quantitative estimate of drug-likeness (QED) is 0.0639. The van der Waals surface area contributed by atoms with Gasteiger partial charge >= 0.3 is 18.2 Å². The molecule has 0 spiro atoms. The van der Waals surface area contributed by atoms with Crippen molar-refractivity contribution in [1.29, 1.82) is 0 Å².